The number of nitro groups is 1. The van der Waals surface area contributed by atoms with Crippen molar-refractivity contribution in [1.82, 2.24) is 5.32 Å². The molecule has 2 amide bonds. The first-order valence-electron chi connectivity index (χ1n) is 10.5. The summed E-state index contributed by atoms with van der Waals surface area (Å²) in [5, 5.41) is 14.3. The summed E-state index contributed by atoms with van der Waals surface area (Å²) in [6.45, 7) is 1.90. The van der Waals surface area contributed by atoms with E-state index in [0.717, 1.165) is 11.1 Å². The number of anilines is 1. The molecule has 3 aromatic carbocycles. The highest BCUT2D eigenvalue weighted by Gasteiger charge is 2.35. The summed E-state index contributed by atoms with van der Waals surface area (Å²) in [4.78, 5) is 38.4. The quantitative estimate of drug-likeness (QED) is 0.421. The van der Waals surface area contributed by atoms with Gasteiger partial charge in [0.2, 0.25) is 5.91 Å². The summed E-state index contributed by atoms with van der Waals surface area (Å²) in [6.07, 6.45) is 0.782. The number of hydrogen-bond acceptors (Lipinski definition) is 4. The van der Waals surface area contributed by atoms with Crippen LogP contribution in [0.25, 0.3) is 0 Å². The number of nitrogens with zero attached hydrogens (tertiary/aromatic N) is 2. The molecule has 0 aromatic heterocycles. The predicted octanol–water partition coefficient (Wildman–Crippen LogP) is 5.09. The normalized spacial score (nSPS) is 17.2. The Kier molecular flexibility index (Phi) is 6.42. The summed E-state index contributed by atoms with van der Waals surface area (Å²) in [7, 11) is 0. The number of fused-ring (bicyclic) bond motifs is 1. The van der Waals surface area contributed by atoms with Crippen LogP contribution in [0.5, 0.6) is 0 Å². The van der Waals surface area contributed by atoms with E-state index in [9.17, 15) is 19.7 Å². The van der Waals surface area contributed by atoms with E-state index in [1.165, 1.54) is 18.2 Å². The molecule has 0 bridgehead atoms. The van der Waals surface area contributed by atoms with Crippen LogP contribution < -0.4 is 10.2 Å². The molecule has 1 heterocycles. The van der Waals surface area contributed by atoms with E-state index in [1.54, 1.807) is 4.90 Å². The molecular formula is C25H22ClN3O4. The number of amides is 2. The molecule has 1 N–H and O–H groups in total. The molecule has 8 heteroatoms. The zero-order chi connectivity index (χ0) is 23.5. The van der Waals surface area contributed by atoms with Gasteiger partial charge < -0.3 is 10.2 Å². The molecule has 2 atom stereocenters. The minimum absolute atomic E-state index is 0.0233. The number of hydrogen-bond donors (Lipinski definition) is 1. The zero-order valence-electron chi connectivity index (χ0n) is 17.9. The highest BCUT2D eigenvalue weighted by molar-refractivity contribution is 6.32. The first-order valence-corrected chi connectivity index (χ1v) is 10.9. The molecule has 1 aliphatic rings. The predicted molar refractivity (Wildman–Crippen MR) is 126 cm³/mol. The lowest BCUT2D eigenvalue weighted by Crippen LogP contribution is -2.46. The number of halogens is 1. The highest BCUT2D eigenvalue weighted by atomic mass is 35.5. The van der Waals surface area contributed by atoms with Crippen molar-refractivity contribution in [1.29, 1.82) is 0 Å². The third kappa shape index (κ3) is 4.73. The van der Waals surface area contributed by atoms with Crippen LogP contribution in [0.3, 0.4) is 0 Å². The summed E-state index contributed by atoms with van der Waals surface area (Å²) in [5.74, 6) is -0.454. The van der Waals surface area contributed by atoms with Gasteiger partial charge in [0, 0.05) is 23.4 Å². The Bertz CT molecular complexity index is 1220. The molecule has 4 rings (SSSR count). The first kappa shape index (κ1) is 22.5. The SMILES string of the molecule is CC1CC(NC(=O)Cc2ccccc2)c2ccccc2N1C(=O)c1ccc(Cl)c([N+](=O)[O-])c1. The van der Waals surface area contributed by atoms with Crippen molar-refractivity contribution in [3.05, 3.63) is 105 Å². The number of benzene rings is 3. The van der Waals surface area contributed by atoms with E-state index < -0.39 is 4.92 Å². The van der Waals surface area contributed by atoms with Crippen molar-refractivity contribution in [2.75, 3.05) is 4.90 Å². The lowest BCUT2D eigenvalue weighted by Gasteiger charge is -2.39. The lowest BCUT2D eigenvalue weighted by atomic mass is 9.90. The van der Waals surface area contributed by atoms with Crippen molar-refractivity contribution in [2.45, 2.75) is 31.8 Å². The molecule has 0 fully saturated rings. The van der Waals surface area contributed by atoms with Gasteiger partial charge in [-0.2, -0.15) is 0 Å². The van der Waals surface area contributed by atoms with Crippen LogP contribution in [-0.2, 0) is 11.2 Å². The first-order chi connectivity index (χ1) is 15.8. The molecule has 0 saturated carbocycles. The van der Waals surface area contributed by atoms with Crippen LogP contribution in [0.1, 0.15) is 40.9 Å². The van der Waals surface area contributed by atoms with Gasteiger partial charge in [-0.3, -0.25) is 19.7 Å². The Balaban J connectivity index is 1.61. The molecule has 168 valence electrons. The molecule has 33 heavy (non-hydrogen) atoms. The Morgan fingerprint density at radius 1 is 1.09 bits per heavy atom. The van der Waals surface area contributed by atoms with Crippen molar-refractivity contribution < 1.29 is 14.5 Å². The van der Waals surface area contributed by atoms with Crippen LogP contribution in [0.2, 0.25) is 5.02 Å². The molecule has 1 aliphatic heterocycles. The minimum Gasteiger partial charge on any atom is -0.349 e. The smallest absolute Gasteiger partial charge is 0.288 e. The molecule has 0 radical (unpaired) electrons. The van der Waals surface area contributed by atoms with Gasteiger partial charge in [0.05, 0.1) is 17.4 Å². The van der Waals surface area contributed by atoms with Crippen molar-refractivity contribution >= 4 is 34.8 Å². The van der Waals surface area contributed by atoms with Crippen molar-refractivity contribution in [2.24, 2.45) is 0 Å². The number of nitrogens with one attached hydrogen (secondary N) is 1. The minimum atomic E-state index is -0.606. The van der Waals surface area contributed by atoms with Crippen LogP contribution in [-0.4, -0.2) is 22.8 Å². The molecule has 0 spiro atoms. The molecule has 2 unspecified atom stereocenters. The van der Waals surface area contributed by atoms with E-state index in [0.29, 0.717) is 12.1 Å². The second-order valence-corrected chi connectivity index (χ2v) is 8.43. The van der Waals surface area contributed by atoms with Gasteiger partial charge in [0.1, 0.15) is 5.02 Å². The summed E-state index contributed by atoms with van der Waals surface area (Å²) in [6, 6.07) is 20.5. The van der Waals surface area contributed by atoms with Gasteiger partial charge in [-0.1, -0.05) is 60.1 Å². The average Bonchev–Trinajstić information content (AvgIpc) is 2.79. The monoisotopic (exact) mass is 463 g/mol. The van der Waals surface area contributed by atoms with Crippen molar-refractivity contribution in [3.63, 3.8) is 0 Å². The topological polar surface area (TPSA) is 92.6 Å². The average molecular weight is 464 g/mol. The number of rotatable bonds is 5. The van der Waals surface area contributed by atoms with Crippen LogP contribution in [0.4, 0.5) is 11.4 Å². The largest absolute Gasteiger partial charge is 0.349 e. The zero-order valence-corrected chi connectivity index (χ0v) is 18.7. The van der Waals surface area contributed by atoms with Crippen LogP contribution in [0.15, 0.2) is 72.8 Å². The Morgan fingerprint density at radius 2 is 1.79 bits per heavy atom. The summed E-state index contributed by atoms with van der Waals surface area (Å²) in [5.41, 5.74) is 2.29. The fourth-order valence-electron chi connectivity index (χ4n) is 4.21. The van der Waals surface area contributed by atoms with Crippen molar-refractivity contribution in [3.8, 4) is 0 Å². The van der Waals surface area contributed by atoms with Gasteiger partial charge >= 0.3 is 0 Å². The number of para-hydroxylation sites is 1. The van der Waals surface area contributed by atoms with Crippen LogP contribution in [0, 0.1) is 10.1 Å². The van der Waals surface area contributed by atoms with Gasteiger partial charge in [-0.25, -0.2) is 0 Å². The Hall–Kier alpha value is -3.71. The second kappa shape index (κ2) is 9.42. The molecule has 0 saturated heterocycles. The Morgan fingerprint density at radius 3 is 2.52 bits per heavy atom. The third-order valence-electron chi connectivity index (χ3n) is 5.74. The molecule has 7 nitrogen and oxygen atoms in total. The van der Waals surface area contributed by atoms with Gasteiger partial charge in [0.15, 0.2) is 0 Å². The lowest BCUT2D eigenvalue weighted by molar-refractivity contribution is -0.384. The molecule has 3 aromatic rings. The maximum absolute atomic E-state index is 13.4. The van der Waals surface area contributed by atoms with E-state index in [2.05, 4.69) is 5.32 Å². The highest BCUT2D eigenvalue weighted by Crippen LogP contribution is 2.38. The van der Waals surface area contributed by atoms with E-state index in [4.69, 9.17) is 11.6 Å². The Labute approximate surface area is 196 Å². The number of nitro benzene ring substituents is 1. The fourth-order valence-corrected chi connectivity index (χ4v) is 4.40. The number of carbonyl (C=O) groups is 2. The maximum Gasteiger partial charge on any atom is 0.288 e. The number of carbonyl (C=O) groups excluding carboxylic acids is 2. The standard InChI is InChI=1S/C25H22ClN3O4/c1-16-13-21(27-24(30)14-17-7-3-2-4-8-17)19-9-5-6-10-22(19)28(16)25(31)18-11-12-20(26)23(15-18)29(32)33/h2-12,15-16,21H,13-14H2,1H3,(H,27,30). The van der Waals surface area contributed by atoms with Gasteiger partial charge in [0.25, 0.3) is 11.6 Å². The second-order valence-electron chi connectivity index (χ2n) is 8.02. The maximum atomic E-state index is 13.4. The van der Waals surface area contributed by atoms with Crippen LogP contribution >= 0.6 is 11.6 Å². The molecule has 0 aliphatic carbocycles. The van der Waals surface area contributed by atoms with Gasteiger partial charge in [-0.05, 0) is 42.7 Å². The van der Waals surface area contributed by atoms with E-state index >= 15 is 0 Å². The third-order valence-corrected chi connectivity index (χ3v) is 6.06. The fraction of sp³-hybridized carbons (Fsp3) is 0.200. The molecular weight excluding hydrogens is 442 g/mol. The van der Waals surface area contributed by atoms with E-state index in [1.807, 2.05) is 61.5 Å². The summed E-state index contributed by atoms with van der Waals surface area (Å²) >= 11 is 5.91. The van der Waals surface area contributed by atoms with E-state index in [-0.39, 0.29) is 46.6 Å². The summed E-state index contributed by atoms with van der Waals surface area (Å²) < 4.78 is 0. The van der Waals surface area contributed by atoms with Gasteiger partial charge in [-0.15, -0.1) is 0 Å².